The zero-order valence-corrected chi connectivity index (χ0v) is 9.55. The Morgan fingerprint density at radius 1 is 1.23 bits per heavy atom. The van der Waals surface area contributed by atoms with Gasteiger partial charge in [-0.05, 0) is 23.7 Å². The van der Waals surface area contributed by atoms with Gasteiger partial charge in [-0.2, -0.15) is 0 Å². The molecule has 13 heavy (non-hydrogen) atoms. The SMILES string of the molecule is CC1CC(C(C)(C)C)CC(=O)C1C. The van der Waals surface area contributed by atoms with E-state index in [9.17, 15) is 4.79 Å². The first-order chi connectivity index (χ1) is 5.82. The average molecular weight is 182 g/mol. The third kappa shape index (κ3) is 2.32. The van der Waals surface area contributed by atoms with Crippen LogP contribution >= 0.6 is 0 Å². The molecular weight excluding hydrogens is 160 g/mol. The third-order valence-electron chi connectivity index (χ3n) is 3.69. The normalized spacial score (nSPS) is 36.4. The van der Waals surface area contributed by atoms with E-state index in [-0.39, 0.29) is 0 Å². The number of hydrogen-bond acceptors (Lipinski definition) is 1. The highest BCUT2D eigenvalue weighted by Gasteiger charge is 2.36. The summed E-state index contributed by atoms with van der Waals surface area (Å²) >= 11 is 0. The van der Waals surface area contributed by atoms with E-state index in [2.05, 4.69) is 34.6 Å². The molecule has 1 aliphatic rings. The van der Waals surface area contributed by atoms with Crippen molar-refractivity contribution >= 4 is 5.78 Å². The summed E-state index contributed by atoms with van der Waals surface area (Å²) in [7, 11) is 0. The molecule has 0 saturated heterocycles. The summed E-state index contributed by atoms with van der Waals surface area (Å²) < 4.78 is 0. The number of Topliss-reactive ketones (excluding diaryl/α,β-unsaturated/α-hetero) is 1. The van der Waals surface area contributed by atoms with Crippen molar-refractivity contribution in [3.05, 3.63) is 0 Å². The zero-order chi connectivity index (χ0) is 10.2. The highest BCUT2D eigenvalue weighted by atomic mass is 16.1. The van der Waals surface area contributed by atoms with Crippen LogP contribution in [0.25, 0.3) is 0 Å². The van der Waals surface area contributed by atoms with E-state index in [0.717, 1.165) is 6.42 Å². The number of ketones is 1. The molecule has 1 aliphatic carbocycles. The van der Waals surface area contributed by atoms with Gasteiger partial charge in [-0.1, -0.05) is 34.6 Å². The zero-order valence-electron chi connectivity index (χ0n) is 9.55. The maximum Gasteiger partial charge on any atom is 0.136 e. The lowest BCUT2D eigenvalue weighted by atomic mass is 9.66. The van der Waals surface area contributed by atoms with Gasteiger partial charge >= 0.3 is 0 Å². The molecule has 0 heterocycles. The smallest absolute Gasteiger partial charge is 0.136 e. The van der Waals surface area contributed by atoms with Gasteiger partial charge in [0.1, 0.15) is 5.78 Å². The van der Waals surface area contributed by atoms with Crippen LogP contribution in [-0.4, -0.2) is 5.78 Å². The molecule has 3 unspecified atom stereocenters. The Morgan fingerprint density at radius 3 is 2.15 bits per heavy atom. The van der Waals surface area contributed by atoms with Crippen molar-refractivity contribution in [2.24, 2.45) is 23.2 Å². The lowest BCUT2D eigenvalue weighted by molar-refractivity contribution is -0.129. The second-order valence-corrected chi connectivity index (χ2v) is 5.74. The molecule has 0 bridgehead atoms. The average Bonchev–Trinajstić information content (AvgIpc) is 1.97. The summed E-state index contributed by atoms with van der Waals surface area (Å²) in [5.74, 6) is 1.92. The van der Waals surface area contributed by atoms with Crippen LogP contribution in [-0.2, 0) is 4.79 Å². The summed E-state index contributed by atoms with van der Waals surface area (Å²) in [6, 6.07) is 0. The van der Waals surface area contributed by atoms with Gasteiger partial charge in [0, 0.05) is 12.3 Å². The number of rotatable bonds is 0. The van der Waals surface area contributed by atoms with Crippen molar-refractivity contribution in [1.82, 2.24) is 0 Å². The maximum absolute atomic E-state index is 11.7. The minimum absolute atomic E-state index is 0.290. The molecule has 0 radical (unpaired) electrons. The predicted molar refractivity (Wildman–Crippen MR) is 55.5 cm³/mol. The third-order valence-corrected chi connectivity index (χ3v) is 3.69. The van der Waals surface area contributed by atoms with E-state index < -0.39 is 0 Å². The highest BCUT2D eigenvalue weighted by Crippen LogP contribution is 2.40. The predicted octanol–water partition coefficient (Wildman–Crippen LogP) is 3.28. The molecule has 1 saturated carbocycles. The van der Waals surface area contributed by atoms with Gasteiger partial charge in [0.05, 0.1) is 0 Å². The van der Waals surface area contributed by atoms with Gasteiger partial charge in [0.15, 0.2) is 0 Å². The molecule has 0 spiro atoms. The van der Waals surface area contributed by atoms with E-state index in [4.69, 9.17) is 0 Å². The summed E-state index contributed by atoms with van der Waals surface area (Å²) in [5.41, 5.74) is 0.296. The first kappa shape index (κ1) is 10.7. The van der Waals surface area contributed by atoms with E-state index in [1.165, 1.54) is 6.42 Å². The van der Waals surface area contributed by atoms with Crippen molar-refractivity contribution in [1.29, 1.82) is 0 Å². The Balaban J connectivity index is 2.69. The van der Waals surface area contributed by atoms with Crippen molar-refractivity contribution in [3.8, 4) is 0 Å². The Morgan fingerprint density at radius 2 is 1.77 bits per heavy atom. The van der Waals surface area contributed by atoms with Gasteiger partial charge in [0.25, 0.3) is 0 Å². The van der Waals surface area contributed by atoms with Crippen LogP contribution in [0.5, 0.6) is 0 Å². The lowest BCUT2D eigenvalue weighted by Crippen LogP contribution is -2.35. The molecule has 0 aliphatic heterocycles. The van der Waals surface area contributed by atoms with Crippen LogP contribution in [0.4, 0.5) is 0 Å². The van der Waals surface area contributed by atoms with Crippen molar-refractivity contribution in [2.75, 3.05) is 0 Å². The summed E-state index contributed by atoms with van der Waals surface area (Å²) in [6.07, 6.45) is 2.02. The van der Waals surface area contributed by atoms with Gasteiger partial charge in [0.2, 0.25) is 0 Å². The molecule has 0 aromatic carbocycles. The minimum Gasteiger partial charge on any atom is -0.299 e. The highest BCUT2D eigenvalue weighted by molar-refractivity contribution is 5.82. The molecular formula is C12H22O. The monoisotopic (exact) mass is 182 g/mol. The molecule has 1 nitrogen and oxygen atoms in total. The van der Waals surface area contributed by atoms with Crippen LogP contribution in [0.2, 0.25) is 0 Å². The van der Waals surface area contributed by atoms with Crippen LogP contribution in [0, 0.1) is 23.2 Å². The molecule has 1 heteroatoms. The molecule has 0 N–H and O–H groups in total. The molecule has 1 rings (SSSR count). The molecule has 3 atom stereocenters. The second-order valence-electron chi connectivity index (χ2n) is 5.74. The first-order valence-corrected chi connectivity index (χ1v) is 5.35. The van der Waals surface area contributed by atoms with E-state index >= 15 is 0 Å². The van der Waals surface area contributed by atoms with Crippen molar-refractivity contribution in [2.45, 2.75) is 47.5 Å². The Kier molecular flexibility index (Phi) is 2.84. The number of hydrogen-bond donors (Lipinski definition) is 0. The lowest BCUT2D eigenvalue weighted by Gasteiger charge is -2.38. The minimum atomic E-state index is 0.290. The van der Waals surface area contributed by atoms with Crippen LogP contribution in [0.3, 0.4) is 0 Å². The first-order valence-electron chi connectivity index (χ1n) is 5.35. The standard InChI is InChI=1S/C12H22O/c1-8-6-10(12(3,4)5)7-11(13)9(8)2/h8-10H,6-7H2,1-5H3. The second kappa shape index (κ2) is 3.43. The summed E-state index contributed by atoms with van der Waals surface area (Å²) in [6.45, 7) is 11.0. The van der Waals surface area contributed by atoms with Crippen LogP contribution in [0.1, 0.15) is 47.5 Å². The fourth-order valence-corrected chi connectivity index (χ4v) is 2.14. The summed E-state index contributed by atoms with van der Waals surface area (Å²) in [4.78, 5) is 11.7. The van der Waals surface area contributed by atoms with Gasteiger partial charge < -0.3 is 0 Å². The number of carbonyl (C=O) groups is 1. The van der Waals surface area contributed by atoms with Gasteiger partial charge in [-0.3, -0.25) is 4.79 Å². The largest absolute Gasteiger partial charge is 0.299 e. The Bertz CT molecular complexity index is 200. The fourth-order valence-electron chi connectivity index (χ4n) is 2.14. The molecule has 0 amide bonds. The topological polar surface area (TPSA) is 17.1 Å². The van der Waals surface area contributed by atoms with Crippen molar-refractivity contribution < 1.29 is 4.79 Å². The number of carbonyl (C=O) groups excluding carboxylic acids is 1. The van der Waals surface area contributed by atoms with Crippen molar-refractivity contribution in [3.63, 3.8) is 0 Å². The maximum atomic E-state index is 11.7. The summed E-state index contributed by atoms with van der Waals surface area (Å²) in [5, 5.41) is 0. The Labute approximate surface area is 81.9 Å². The molecule has 0 aromatic rings. The quantitative estimate of drug-likeness (QED) is 0.562. The van der Waals surface area contributed by atoms with E-state index in [1.807, 2.05) is 0 Å². The van der Waals surface area contributed by atoms with Crippen LogP contribution in [0.15, 0.2) is 0 Å². The molecule has 1 fully saturated rings. The van der Waals surface area contributed by atoms with Gasteiger partial charge in [-0.25, -0.2) is 0 Å². The molecule has 76 valence electrons. The fraction of sp³-hybridized carbons (Fsp3) is 0.917. The Hall–Kier alpha value is -0.330. The van der Waals surface area contributed by atoms with E-state index in [0.29, 0.717) is 29.0 Å². The van der Waals surface area contributed by atoms with E-state index in [1.54, 1.807) is 0 Å². The molecule has 0 aromatic heterocycles. The van der Waals surface area contributed by atoms with Gasteiger partial charge in [-0.15, -0.1) is 0 Å². The van der Waals surface area contributed by atoms with Crippen LogP contribution < -0.4 is 0 Å².